The summed E-state index contributed by atoms with van der Waals surface area (Å²) >= 11 is 0. The summed E-state index contributed by atoms with van der Waals surface area (Å²) in [4.78, 5) is 0. The fraction of sp³-hybridized carbons (Fsp3) is 1.00. The molecule has 11 heavy (non-hydrogen) atoms. The van der Waals surface area contributed by atoms with Gasteiger partial charge < -0.3 is 10.1 Å². The smallest absolute Gasteiger partial charge is 0.0667 e. The van der Waals surface area contributed by atoms with E-state index in [4.69, 9.17) is 4.74 Å². The van der Waals surface area contributed by atoms with Crippen molar-refractivity contribution in [3.8, 4) is 0 Å². The van der Waals surface area contributed by atoms with Crippen molar-refractivity contribution in [3.63, 3.8) is 0 Å². The minimum absolute atomic E-state index is 0.317. The predicted octanol–water partition coefficient (Wildman–Crippen LogP) is 1.66. The molecule has 1 atom stereocenters. The minimum Gasteiger partial charge on any atom is -0.380 e. The highest BCUT2D eigenvalue weighted by atomic mass is 16.5. The molecule has 0 heterocycles. The van der Waals surface area contributed by atoms with Crippen LogP contribution in [0.3, 0.4) is 0 Å². The number of methoxy groups -OCH3 is 1. The molecule has 0 aromatic carbocycles. The van der Waals surface area contributed by atoms with Gasteiger partial charge in [-0.05, 0) is 12.3 Å². The highest BCUT2D eigenvalue weighted by Crippen LogP contribution is 2.09. The predicted molar refractivity (Wildman–Crippen MR) is 48.8 cm³/mol. The Balaban J connectivity index is 3.28. The van der Waals surface area contributed by atoms with Crippen molar-refractivity contribution < 1.29 is 4.74 Å². The molecule has 0 bridgehead atoms. The third-order valence-electron chi connectivity index (χ3n) is 1.49. The standard InChI is InChI=1S/C9H21NO/c1-8(11-5)6-10-7-9(2,3)4/h8,10H,6-7H2,1-5H3/t8-/m1/s1. The summed E-state index contributed by atoms with van der Waals surface area (Å²) in [7, 11) is 1.74. The Hall–Kier alpha value is -0.0800. The van der Waals surface area contributed by atoms with Crippen LogP contribution >= 0.6 is 0 Å². The molecule has 0 aromatic heterocycles. The summed E-state index contributed by atoms with van der Waals surface area (Å²) in [6, 6.07) is 0. The molecule has 0 unspecified atom stereocenters. The van der Waals surface area contributed by atoms with Crippen LogP contribution in [0, 0.1) is 5.41 Å². The van der Waals surface area contributed by atoms with Gasteiger partial charge in [0.25, 0.3) is 0 Å². The van der Waals surface area contributed by atoms with Crippen molar-refractivity contribution in [2.45, 2.75) is 33.8 Å². The van der Waals surface area contributed by atoms with Gasteiger partial charge in [-0.3, -0.25) is 0 Å². The van der Waals surface area contributed by atoms with Crippen LogP contribution in [0.5, 0.6) is 0 Å². The van der Waals surface area contributed by atoms with Crippen LogP contribution in [-0.4, -0.2) is 26.3 Å². The molecule has 0 aliphatic carbocycles. The number of nitrogens with one attached hydrogen (secondary N) is 1. The average molecular weight is 159 g/mol. The molecule has 2 nitrogen and oxygen atoms in total. The molecular formula is C9H21NO. The number of ether oxygens (including phenoxy) is 1. The van der Waals surface area contributed by atoms with Gasteiger partial charge >= 0.3 is 0 Å². The first kappa shape index (κ1) is 10.9. The first-order valence-corrected chi connectivity index (χ1v) is 4.19. The van der Waals surface area contributed by atoms with Crippen LogP contribution in [0.1, 0.15) is 27.7 Å². The van der Waals surface area contributed by atoms with E-state index >= 15 is 0 Å². The summed E-state index contributed by atoms with van der Waals surface area (Å²) in [6.07, 6.45) is 0.317. The molecule has 0 saturated carbocycles. The van der Waals surface area contributed by atoms with Crippen molar-refractivity contribution in [1.29, 1.82) is 0 Å². The van der Waals surface area contributed by atoms with Gasteiger partial charge in [-0.2, -0.15) is 0 Å². The molecule has 0 fully saturated rings. The molecule has 2 heteroatoms. The molecule has 0 aliphatic heterocycles. The van der Waals surface area contributed by atoms with Gasteiger partial charge in [0.2, 0.25) is 0 Å². The Morgan fingerprint density at radius 2 is 1.91 bits per heavy atom. The third-order valence-corrected chi connectivity index (χ3v) is 1.49. The molecule has 0 radical (unpaired) electrons. The van der Waals surface area contributed by atoms with Crippen LogP contribution in [0.4, 0.5) is 0 Å². The van der Waals surface area contributed by atoms with Gasteiger partial charge in [0.15, 0.2) is 0 Å². The fourth-order valence-corrected chi connectivity index (χ4v) is 0.734. The van der Waals surface area contributed by atoms with Crippen LogP contribution in [0.25, 0.3) is 0 Å². The van der Waals surface area contributed by atoms with Crippen molar-refractivity contribution in [1.82, 2.24) is 5.32 Å². The van der Waals surface area contributed by atoms with Crippen LogP contribution in [0.2, 0.25) is 0 Å². The first-order chi connectivity index (χ1) is 4.95. The van der Waals surface area contributed by atoms with Crippen molar-refractivity contribution >= 4 is 0 Å². The van der Waals surface area contributed by atoms with E-state index in [1.807, 2.05) is 0 Å². The van der Waals surface area contributed by atoms with E-state index in [0.717, 1.165) is 13.1 Å². The zero-order valence-corrected chi connectivity index (χ0v) is 8.40. The van der Waals surface area contributed by atoms with Gasteiger partial charge in [-0.25, -0.2) is 0 Å². The maximum Gasteiger partial charge on any atom is 0.0667 e. The molecule has 68 valence electrons. The number of hydrogen-bond donors (Lipinski definition) is 1. The maximum absolute atomic E-state index is 5.10. The third kappa shape index (κ3) is 7.82. The largest absolute Gasteiger partial charge is 0.380 e. The van der Waals surface area contributed by atoms with Gasteiger partial charge in [0.05, 0.1) is 6.10 Å². The maximum atomic E-state index is 5.10. The average Bonchev–Trinajstić information content (AvgIpc) is 1.85. The normalized spacial score (nSPS) is 15.0. The lowest BCUT2D eigenvalue weighted by molar-refractivity contribution is 0.115. The molecule has 0 saturated heterocycles. The monoisotopic (exact) mass is 159 g/mol. The van der Waals surface area contributed by atoms with E-state index in [1.165, 1.54) is 0 Å². The molecule has 0 rings (SSSR count). The molecule has 0 aromatic rings. The quantitative estimate of drug-likeness (QED) is 0.673. The van der Waals surface area contributed by atoms with E-state index in [1.54, 1.807) is 7.11 Å². The van der Waals surface area contributed by atoms with E-state index in [-0.39, 0.29) is 0 Å². The van der Waals surface area contributed by atoms with Crippen molar-refractivity contribution in [2.75, 3.05) is 20.2 Å². The summed E-state index contributed by atoms with van der Waals surface area (Å²) in [6.45, 7) is 10.7. The lowest BCUT2D eigenvalue weighted by Gasteiger charge is -2.20. The molecule has 1 N–H and O–H groups in total. The highest BCUT2D eigenvalue weighted by Gasteiger charge is 2.09. The number of rotatable bonds is 4. The van der Waals surface area contributed by atoms with Gasteiger partial charge in [0.1, 0.15) is 0 Å². The van der Waals surface area contributed by atoms with Crippen molar-refractivity contribution in [3.05, 3.63) is 0 Å². The van der Waals surface area contributed by atoms with E-state index in [9.17, 15) is 0 Å². The second kappa shape index (κ2) is 4.73. The second-order valence-electron chi connectivity index (χ2n) is 4.24. The number of hydrogen-bond acceptors (Lipinski definition) is 2. The lowest BCUT2D eigenvalue weighted by Crippen LogP contribution is -2.32. The van der Waals surface area contributed by atoms with Gasteiger partial charge in [-0.15, -0.1) is 0 Å². The first-order valence-electron chi connectivity index (χ1n) is 4.19. The summed E-state index contributed by atoms with van der Waals surface area (Å²) < 4.78 is 5.10. The SMILES string of the molecule is CO[C@H](C)CNCC(C)(C)C. The summed E-state index contributed by atoms with van der Waals surface area (Å²) in [5, 5.41) is 3.35. The molecule has 0 spiro atoms. The minimum atomic E-state index is 0.317. The Kier molecular flexibility index (Phi) is 4.69. The zero-order valence-electron chi connectivity index (χ0n) is 8.40. The molecular weight excluding hydrogens is 138 g/mol. The van der Waals surface area contributed by atoms with Crippen molar-refractivity contribution in [2.24, 2.45) is 5.41 Å². The molecule has 0 amide bonds. The fourth-order valence-electron chi connectivity index (χ4n) is 0.734. The van der Waals surface area contributed by atoms with E-state index in [2.05, 4.69) is 33.0 Å². The van der Waals surface area contributed by atoms with Gasteiger partial charge in [0, 0.05) is 20.2 Å². The zero-order chi connectivity index (χ0) is 8.91. The van der Waals surface area contributed by atoms with Crippen LogP contribution in [-0.2, 0) is 4.74 Å². The van der Waals surface area contributed by atoms with E-state index in [0.29, 0.717) is 11.5 Å². The van der Waals surface area contributed by atoms with E-state index < -0.39 is 0 Å². The van der Waals surface area contributed by atoms with Crippen LogP contribution in [0.15, 0.2) is 0 Å². The summed E-state index contributed by atoms with van der Waals surface area (Å²) in [5.41, 5.74) is 0.369. The Morgan fingerprint density at radius 3 is 2.27 bits per heavy atom. The summed E-state index contributed by atoms with van der Waals surface area (Å²) in [5.74, 6) is 0. The Labute approximate surface area is 70.3 Å². The van der Waals surface area contributed by atoms with Crippen LogP contribution < -0.4 is 5.32 Å². The Morgan fingerprint density at radius 1 is 1.36 bits per heavy atom. The van der Waals surface area contributed by atoms with Gasteiger partial charge in [-0.1, -0.05) is 20.8 Å². The topological polar surface area (TPSA) is 21.3 Å². The molecule has 0 aliphatic rings. The lowest BCUT2D eigenvalue weighted by atomic mass is 9.97. The highest BCUT2D eigenvalue weighted by molar-refractivity contribution is 4.65. The Bertz CT molecular complexity index is 96.2. The second-order valence-corrected chi connectivity index (χ2v) is 4.24.